The lowest BCUT2D eigenvalue weighted by Gasteiger charge is -2.42. The minimum atomic E-state index is 0.135. The Morgan fingerprint density at radius 1 is 0.395 bits per heavy atom. The van der Waals surface area contributed by atoms with Crippen molar-refractivity contribution in [3.63, 3.8) is 0 Å². The average molecular weight is 503 g/mol. The van der Waals surface area contributed by atoms with Crippen LogP contribution in [-0.4, -0.2) is 0 Å². The molecule has 0 heterocycles. The van der Waals surface area contributed by atoms with E-state index in [4.69, 9.17) is 0 Å². The maximum absolute atomic E-state index is 2.52. The summed E-state index contributed by atoms with van der Waals surface area (Å²) < 4.78 is 0. The van der Waals surface area contributed by atoms with Crippen LogP contribution in [0.3, 0.4) is 0 Å². The van der Waals surface area contributed by atoms with Gasteiger partial charge in [0.2, 0.25) is 0 Å². The van der Waals surface area contributed by atoms with E-state index in [2.05, 4.69) is 119 Å². The Morgan fingerprint density at radius 2 is 0.737 bits per heavy atom. The van der Waals surface area contributed by atoms with Crippen molar-refractivity contribution in [2.75, 3.05) is 0 Å². The van der Waals surface area contributed by atoms with Gasteiger partial charge in [-0.15, -0.1) is 0 Å². The molecule has 0 atom stereocenters. The van der Waals surface area contributed by atoms with Crippen LogP contribution in [0.4, 0.5) is 0 Å². The molecule has 0 aliphatic heterocycles. The summed E-state index contributed by atoms with van der Waals surface area (Å²) in [6.45, 7) is 28.5. The van der Waals surface area contributed by atoms with Gasteiger partial charge in [0.1, 0.15) is 0 Å². The zero-order valence-corrected chi connectivity index (χ0v) is 25.9. The number of fused-ring (bicyclic) bond motifs is 1. The zero-order chi connectivity index (χ0) is 27.7. The van der Waals surface area contributed by atoms with Gasteiger partial charge in [0, 0.05) is 0 Å². The van der Waals surface area contributed by atoms with Gasteiger partial charge in [-0.05, 0) is 112 Å². The number of benzene rings is 4. The second kappa shape index (κ2) is 7.53. The van der Waals surface area contributed by atoms with E-state index in [1.54, 1.807) is 33.4 Å². The third-order valence-electron chi connectivity index (χ3n) is 9.23. The van der Waals surface area contributed by atoms with E-state index < -0.39 is 0 Å². The molecule has 4 aliphatic rings. The normalized spacial score (nSPS) is 15.2. The molecule has 0 nitrogen and oxygen atoms in total. The summed E-state index contributed by atoms with van der Waals surface area (Å²) in [5.74, 6) is 0. The Kier molecular flexibility index (Phi) is 5.08. The van der Waals surface area contributed by atoms with E-state index in [1.807, 2.05) is 0 Å². The van der Waals surface area contributed by atoms with Crippen molar-refractivity contribution < 1.29 is 0 Å². The summed E-state index contributed by atoms with van der Waals surface area (Å²) >= 11 is 0. The van der Waals surface area contributed by atoms with Gasteiger partial charge in [-0.25, -0.2) is 0 Å². The summed E-state index contributed by atoms with van der Waals surface area (Å²) in [6.07, 6.45) is 2.21. The molecule has 4 bridgehead atoms. The van der Waals surface area contributed by atoms with Gasteiger partial charge in [-0.1, -0.05) is 119 Å². The van der Waals surface area contributed by atoms with Crippen LogP contribution in [0.2, 0.25) is 0 Å². The van der Waals surface area contributed by atoms with Gasteiger partial charge >= 0.3 is 0 Å². The van der Waals surface area contributed by atoms with E-state index in [-0.39, 0.29) is 21.7 Å². The zero-order valence-electron chi connectivity index (χ0n) is 25.9. The molecule has 0 saturated heterocycles. The Morgan fingerprint density at radius 3 is 1.03 bits per heavy atom. The van der Waals surface area contributed by atoms with Crippen molar-refractivity contribution in [1.82, 2.24) is 0 Å². The van der Waals surface area contributed by atoms with Crippen molar-refractivity contribution in [2.24, 2.45) is 0 Å². The molecule has 0 unspecified atom stereocenters. The quantitative estimate of drug-likeness (QED) is 0.210. The van der Waals surface area contributed by atoms with Crippen LogP contribution in [0.25, 0.3) is 32.7 Å². The molecule has 8 rings (SSSR count). The van der Waals surface area contributed by atoms with Gasteiger partial charge in [-0.2, -0.15) is 0 Å². The van der Waals surface area contributed by atoms with E-state index in [0.29, 0.717) is 0 Å². The number of hydrogen-bond acceptors (Lipinski definition) is 0. The predicted molar refractivity (Wildman–Crippen MR) is 167 cm³/mol. The molecule has 0 spiro atoms. The molecule has 198 valence electrons. The van der Waals surface area contributed by atoms with Crippen LogP contribution in [0.1, 0.15) is 128 Å². The van der Waals surface area contributed by atoms with Crippen LogP contribution in [0.5, 0.6) is 0 Å². The fraction of sp³-hybridized carbons (Fsp3) is 0.474. The van der Waals surface area contributed by atoms with Crippen LogP contribution >= 0.6 is 0 Å². The second-order valence-corrected chi connectivity index (χ2v) is 16.3. The minimum Gasteiger partial charge on any atom is -0.0578 e. The number of rotatable bonds is 1. The van der Waals surface area contributed by atoms with Gasteiger partial charge in [-0.3, -0.25) is 0 Å². The summed E-state index contributed by atoms with van der Waals surface area (Å²) in [6, 6.07) is 14.7. The molecule has 0 N–H and O–H groups in total. The maximum atomic E-state index is 2.52. The highest BCUT2D eigenvalue weighted by Crippen LogP contribution is 2.56. The molecule has 4 aromatic carbocycles. The first kappa shape index (κ1) is 25.7. The molecule has 0 aromatic heterocycles. The molecular formula is C38H46. The summed E-state index contributed by atoms with van der Waals surface area (Å²) in [5.41, 5.74) is 16.0. The minimum absolute atomic E-state index is 0.135. The molecule has 38 heavy (non-hydrogen) atoms. The summed E-state index contributed by atoms with van der Waals surface area (Å²) in [7, 11) is 0. The Balaban J connectivity index is 1.78. The van der Waals surface area contributed by atoms with E-state index >= 15 is 0 Å². The molecule has 4 aromatic rings. The topological polar surface area (TPSA) is 0 Å². The van der Waals surface area contributed by atoms with Gasteiger partial charge in [0.15, 0.2) is 0 Å². The highest BCUT2D eigenvalue weighted by molar-refractivity contribution is 6.14. The Labute approximate surface area is 230 Å². The first-order valence-electron chi connectivity index (χ1n) is 14.6. The van der Waals surface area contributed by atoms with Gasteiger partial charge in [0.25, 0.3) is 0 Å². The van der Waals surface area contributed by atoms with Crippen molar-refractivity contribution in [3.05, 3.63) is 80.9 Å². The van der Waals surface area contributed by atoms with Crippen molar-refractivity contribution in [2.45, 2.75) is 118 Å². The van der Waals surface area contributed by atoms with Gasteiger partial charge in [0.05, 0.1) is 0 Å². The van der Waals surface area contributed by atoms with Crippen LogP contribution in [-0.2, 0) is 34.5 Å². The standard InChI is InChI=1S/C38H46/c1-35(2,3)21-13-15-23-25(17-21)27-19-29(33(27)37(7,8)9)31(23)32-24-16-14-22(36(4,5)6)18-26(24)28-20-30(32)34(28)38(10,11)12/h13-18H,19-20H2,1-12H3. The summed E-state index contributed by atoms with van der Waals surface area (Å²) in [5, 5.41) is 5.89. The van der Waals surface area contributed by atoms with Crippen molar-refractivity contribution in [1.29, 1.82) is 0 Å². The lowest BCUT2D eigenvalue weighted by Crippen LogP contribution is -2.28. The first-order chi connectivity index (χ1) is 17.4. The lowest BCUT2D eigenvalue weighted by molar-refractivity contribution is 0.562. The SMILES string of the molecule is CC(C)(C)c1ccc2c(-c3c4c(C(C)(C)C)c(c5cc(C(C)(C)C)ccc35)C4)c3c(C(C)(C)C)c(c2c1)C3. The third kappa shape index (κ3) is 3.55. The van der Waals surface area contributed by atoms with E-state index in [9.17, 15) is 0 Å². The second-order valence-electron chi connectivity index (χ2n) is 16.3. The van der Waals surface area contributed by atoms with Crippen LogP contribution in [0.15, 0.2) is 36.4 Å². The first-order valence-corrected chi connectivity index (χ1v) is 14.6. The van der Waals surface area contributed by atoms with Gasteiger partial charge < -0.3 is 0 Å². The highest BCUT2D eigenvalue weighted by Gasteiger charge is 2.40. The van der Waals surface area contributed by atoms with E-state index in [1.165, 1.54) is 43.8 Å². The Bertz CT molecular complexity index is 1530. The Hall–Kier alpha value is -2.60. The molecule has 0 amide bonds. The largest absolute Gasteiger partial charge is 0.0578 e. The number of hydrogen-bond donors (Lipinski definition) is 0. The van der Waals surface area contributed by atoms with Crippen LogP contribution < -0.4 is 0 Å². The molecule has 0 heteroatoms. The average Bonchev–Trinajstić information content (AvgIpc) is 2.72. The third-order valence-corrected chi connectivity index (χ3v) is 9.23. The fourth-order valence-corrected chi connectivity index (χ4v) is 7.41. The molecule has 4 aliphatic carbocycles. The molecular weight excluding hydrogens is 456 g/mol. The highest BCUT2D eigenvalue weighted by atomic mass is 14.4. The predicted octanol–water partition coefficient (Wildman–Crippen LogP) is 10.7. The monoisotopic (exact) mass is 502 g/mol. The molecule has 0 saturated carbocycles. The maximum Gasteiger partial charge on any atom is -0.000712 e. The van der Waals surface area contributed by atoms with E-state index in [0.717, 1.165) is 12.8 Å². The fourth-order valence-electron chi connectivity index (χ4n) is 7.41. The van der Waals surface area contributed by atoms with Crippen molar-refractivity contribution >= 4 is 21.5 Å². The molecule has 0 radical (unpaired) electrons. The van der Waals surface area contributed by atoms with Crippen molar-refractivity contribution in [3.8, 4) is 11.1 Å². The summed E-state index contributed by atoms with van der Waals surface area (Å²) in [4.78, 5) is 0. The lowest BCUT2D eigenvalue weighted by atomic mass is 9.62. The van der Waals surface area contributed by atoms with Crippen LogP contribution in [0, 0.1) is 0 Å². The smallest absolute Gasteiger partial charge is 0.000712 e. The molecule has 0 fully saturated rings.